The summed E-state index contributed by atoms with van der Waals surface area (Å²) in [5, 5.41) is 11.1. The molecule has 0 aliphatic carbocycles. The van der Waals surface area contributed by atoms with Gasteiger partial charge in [0.25, 0.3) is 5.91 Å². The largest absolute Gasteiger partial charge is 0.497 e. The Labute approximate surface area is 216 Å². The van der Waals surface area contributed by atoms with Crippen LogP contribution in [0.4, 0.5) is 11.5 Å². The normalized spacial score (nSPS) is 14.2. The van der Waals surface area contributed by atoms with Gasteiger partial charge in [0.1, 0.15) is 22.9 Å². The lowest BCUT2D eigenvalue weighted by atomic mass is 10.00. The van der Waals surface area contributed by atoms with E-state index in [1.807, 2.05) is 60.1 Å². The third kappa shape index (κ3) is 5.07. The lowest BCUT2D eigenvalue weighted by Gasteiger charge is -2.26. The van der Waals surface area contributed by atoms with Crippen molar-refractivity contribution < 1.29 is 14.3 Å². The van der Waals surface area contributed by atoms with Gasteiger partial charge in [-0.05, 0) is 72.5 Å². The van der Waals surface area contributed by atoms with Gasteiger partial charge in [0.2, 0.25) is 0 Å². The zero-order valence-electron chi connectivity index (χ0n) is 21.2. The second-order valence-corrected chi connectivity index (χ2v) is 8.74. The van der Waals surface area contributed by atoms with Crippen LogP contribution >= 0.6 is 0 Å². The molecule has 2 heterocycles. The van der Waals surface area contributed by atoms with Crippen LogP contribution in [0, 0.1) is 0 Å². The first-order valence-corrected chi connectivity index (χ1v) is 12.4. The summed E-state index contributed by atoms with van der Waals surface area (Å²) in [6, 6.07) is 23.5. The minimum Gasteiger partial charge on any atom is -0.497 e. The number of methoxy groups -OCH3 is 1. The number of anilines is 2. The van der Waals surface area contributed by atoms with Gasteiger partial charge in [-0.3, -0.25) is 4.79 Å². The van der Waals surface area contributed by atoms with Crippen molar-refractivity contribution in [3.8, 4) is 11.5 Å². The molecule has 37 heavy (non-hydrogen) atoms. The molecular formula is C30H30N4O3. The van der Waals surface area contributed by atoms with Crippen LogP contribution in [0.25, 0.3) is 5.70 Å². The topological polar surface area (TPSA) is 77.4 Å². The Morgan fingerprint density at radius 2 is 1.81 bits per heavy atom. The zero-order chi connectivity index (χ0) is 25.8. The third-order valence-electron chi connectivity index (χ3n) is 6.41. The molecular weight excluding hydrogens is 464 g/mol. The van der Waals surface area contributed by atoms with Crippen molar-refractivity contribution in [2.75, 3.05) is 24.4 Å². The van der Waals surface area contributed by atoms with Gasteiger partial charge >= 0.3 is 0 Å². The van der Waals surface area contributed by atoms with Crippen LogP contribution in [0.3, 0.4) is 0 Å². The van der Waals surface area contributed by atoms with E-state index in [4.69, 9.17) is 9.47 Å². The average molecular weight is 495 g/mol. The van der Waals surface area contributed by atoms with Gasteiger partial charge in [0, 0.05) is 11.4 Å². The van der Waals surface area contributed by atoms with Gasteiger partial charge in [0.15, 0.2) is 0 Å². The number of aryl methyl sites for hydroxylation is 1. The number of hydrogen-bond acceptors (Lipinski definition) is 5. The summed E-state index contributed by atoms with van der Waals surface area (Å²) in [4.78, 5) is 13.4. The number of hydrogen-bond donors (Lipinski definition) is 2. The van der Waals surface area contributed by atoms with Gasteiger partial charge in [-0.15, -0.1) is 0 Å². The predicted octanol–water partition coefficient (Wildman–Crippen LogP) is 6.16. The predicted molar refractivity (Wildman–Crippen MR) is 146 cm³/mol. The minimum atomic E-state index is -0.245. The molecule has 1 aliphatic heterocycles. The highest BCUT2D eigenvalue weighted by atomic mass is 16.5. The number of nitrogens with one attached hydrogen (secondary N) is 2. The Kier molecular flexibility index (Phi) is 6.94. The molecule has 1 aromatic heterocycles. The highest BCUT2D eigenvalue weighted by molar-refractivity contribution is 6.08. The number of carbonyl (C=O) groups is 1. The summed E-state index contributed by atoms with van der Waals surface area (Å²) < 4.78 is 12.8. The smallest absolute Gasteiger partial charge is 0.261 e. The van der Waals surface area contributed by atoms with Gasteiger partial charge in [-0.1, -0.05) is 43.3 Å². The molecule has 5 rings (SSSR count). The summed E-state index contributed by atoms with van der Waals surface area (Å²) in [7, 11) is 1.65. The Morgan fingerprint density at radius 1 is 1.03 bits per heavy atom. The zero-order valence-corrected chi connectivity index (χ0v) is 21.2. The fraction of sp³-hybridized carbons (Fsp3) is 0.200. The molecule has 0 fully saturated rings. The number of benzene rings is 3. The van der Waals surface area contributed by atoms with Crippen molar-refractivity contribution in [1.29, 1.82) is 0 Å². The van der Waals surface area contributed by atoms with E-state index >= 15 is 0 Å². The number of ether oxygens (including phenoxy) is 2. The molecule has 7 nitrogen and oxygen atoms in total. The van der Waals surface area contributed by atoms with E-state index in [9.17, 15) is 4.79 Å². The fourth-order valence-electron chi connectivity index (χ4n) is 4.41. The van der Waals surface area contributed by atoms with Crippen molar-refractivity contribution in [3.05, 3.63) is 107 Å². The molecule has 0 bridgehead atoms. The first-order chi connectivity index (χ1) is 18.1. The Balaban J connectivity index is 1.50. The van der Waals surface area contributed by atoms with Crippen LogP contribution in [0.5, 0.6) is 11.5 Å². The van der Waals surface area contributed by atoms with Crippen molar-refractivity contribution in [1.82, 2.24) is 9.78 Å². The second-order valence-electron chi connectivity index (χ2n) is 8.74. The highest BCUT2D eigenvalue weighted by Crippen LogP contribution is 2.36. The Morgan fingerprint density at radius 3 is 2.51 bits per heavy atom. The van der Waals surface area contributed by atoms with Gasteiger partial charge in [-0.25, -0.2) is 4.68 Å². The number of amides is 1. The lowest BCUT2D eigenvalue weighted by Crippen LogP contribution is -2.22. The molecule has 3 aromatic carbocycles. The number of carbonyl (C=O) groups excluding carboxylic acids is 1. The first kappa shape index (κ1) is 24.2. The maximum absolute atomic E-state index is 13.4. The van der Waals surface area contributed by atoms with E-state index in [2.05, 4.69) is 53.0 Å². The number of rotatable bonds is 8. The second kappa shape index (κ2) is 10.6. The minimum absolute atomic E-state index is 0.223. The van der Waals surface area contributed by atoms with Gasteiger partial charge in [0.05, 0.1) is 26.0 Å². The first-order valence-electron chi connectivity index (χ1n) is 12.4. The van der Waals surface area contributed by atoms with E-state index in [-0.39, 0.29) is 11.9 Å². The lowest BCUT2D eigenvalue weighted by molar-refractivity contribution is 0.102. The van der Waals surface area contributed by atoms with Gasteiger partial charge < -0.3 is 20.1 Å². The third-order valence-corrected chi connectivity index (χ3v) is 6.41. The molecule has 1 aliphatic rings. The van der Waals surface area contributed by atoms with Crippen LogP contribution in [-0.2, 0) is 6.42 Å². The summed E-state index contributed by atoms with van der Waals surface area (Å²) in [6.07, 6.45) is 4.71. The van der Waals surface area contributed by atoms with Crippen LogP contribution < -0.4 is 20.1 Å². The van der Waals surface area contributed by atoms with Crippen LogP contribution in [0.2, 0.25) is 0 Å². The standard InChI is InChI=1S/C30H30N4O3/c1-4-20-9-11-21(12-10-20)27-18-28(22-7-6-8-25(17-22)36-3)34-29(33-27)26(19-31-34)30(35)32-23-13-15-24(16-14-23)37-5-2/h6-19,28,33H,4-5H2,1-3H3,(H,32,35)/t28-/m1/s1. The number of nitrogens with zero attached hydrogens (tertiary/aromatic N) is 2. The number of aromatic nitrogens is 2. The maximum atomic E-state index is 13.4. The highest BCUT2D eigenvalue weighted by Gasteiger charge is 2.28. The molecule has 0 saturated carbocycles. The maximum Gasteiger partial charge on any atom is 0.261 e. The summed E-state index contributed by atoms with van der Waals surface area (Å²) in [6.45, 7) is 4.66. The summed E-state index contributed by atoms with van der Waals surface area (Å²) in [5.41, 5.74) is 5.36. The summed E-state index contributed by atoms with van der Waals surface area (Å²) >= 11 is 0. The van der Waals surface area contributed by atoms with Crippen LogP contribution in [0.1, 0.15) is 46.9 Å². The number of fused-ring (bicyclic) bond motifs is 1. The summed E-state index contributed by atoms with van der Waals surface area (Å²) in [5.74, 6) is 1.91. The van der Waals surface area contributed by atoms with Crippen LogP contribution in [-0.4, -0.2) is 29.4 Å². The molecule has 4 aromatic rings. The molecule has 188 valence electrons. The molecule has 0 saturated heterocycles. The van der Waals surface area contributed by atoms with E-state index in [0.29, 0.717) is 23.7 Å². The Hall–Kier alpha value is -4.52. The van der Waals surface area contributed by atoms with E-state index < -0.39 is 0 Å². The SMILES string of the molecule is CCOc1ccc(NC(=O)c2cnn3c2NC(c2ccc(CC)cc2)=C[C@@H]3c2cccc(OC)c2)cc1. The van der Waals surface area contributed by atoms with Crippen molar-refractivity contribution >= 4 is 23.1 Å². The monoisotopic (exact) mass is 494 g/mol. The molecule has 0 spiro atoms. The van der Waals surface area contributed by atoms with Crippen molar-refractivity contribution in [3.63, 3.8) is 0 Å². The molecule has 2 N–H and O–H groups in total. The van der Waals surface area contributed by atoms with Crippen LogP contribution in [0.15, 0.2) is 85.1 Å². The molecule has 0 unspecified atom stereocenters. The number of allylic oxidation sites excluding steroid dienone is 1. The molecule has 1 amide bonds. The molecule has 0 radical (unpaired) electrons. The fourth-order valence-corrected chi connectivity index (χ4v) is 4.41. The van der Waals surface area contributed by atoms with Gasteiger partial charge in [-0.2, -0.15) is 5.10 Å². The van der Waals surface area contributed by atoms with E-state index in [0.717, 1.165) is 34.7 Å². The quantitative estimate of drug-likeness (QED) is 0.307. The van der Waals surface area contributed by atoms with Crippen molar-refractivity contribution in [2.24, 2.45) is 0 Å². The van der Waals surface area contributed by atoms with E-state index in [1.54, 1.807) is 13.3 Å². The van der Waals surface area contributed by atoms with E-state index in [1.165, 1.54) is 5.56 Å². The molecule has 1 atom stereocenters. The average Bonchev–Trinajstić information content (AvgIpc) is 3.38. The van der Waals surface area contributed by atoms with Crippen molar-refractivity contribution in [2.45, 2.75) is 26.3 Å². The molecule has 7 heteroatoms. The Bertz CT molecular complexity index is 1420.